The van der Waals surface area contributed by atoms with E-state index in [0.29, 0.717) is 17.1 Å². The average Bonchev–Trinajstić information content (AvgIpc) is 2.26. The number of carbonyl (C=O) groups is 1. The molecule has 0 aromatic heterocycles. The van der Waals surface area contributed by atoms with Gasteiger partial charge in [-0.3, -0.25) is 9.52 Å². The Morgan fingerprint density at radius 2 is 2.00 bits per heavy atom. The maximum absolute atomic E-state index is 12.1. The van der Waals surface area contributed by atoms with Crippen LogP contribution in [0.3, 0.4) is 0 Å². The molecule has 0 fully saturated rings. The van der Waals surface area contributed by atoms with Crippen LogP contribution in [-0.4, -0.2) is 25.7 Å². The van der Waals surface area contributed by atoms with E-state index >= 15 is 0 Å². The third-order valence-corrected chi connectivity index (χ3v) is 4.79. The van der Waals surface area contributed by atoms with Crippen LogP contribution in [0.1, 0.15) is 20.8 Å². The van der Waals surface area contributed by atoms with E-state index in [2.05, 4.69) is 10.0 Å². The minimum Gasteiger partial charge on any atom is -0.479 e. The number of rotatable bonds is 2. The molecule has 0 atom stereocenters. The summed E-state index contributed by atoms with van der Waals surface area (Å²) < 4.78 is 31.1. The predicted molar refractivity (Wildman–Crippen MR) is 72.9 cm³/mol. The first-order chi connectivity index (χ1) is 8.71. The van der Waals surface area contributed by atoms with Gasteiger partial charge in [-0.15, -0.1) is 0 Å². The maximum atomic E-state index is 12.1. The van der Waals surface area contributed by atoms with Gasteiger partial charge in [-0.1, -0.05) is 6.07 Å². The van der Waals surface area contributed by atoms with Crippen molar-refractivity contribution < 1.29 is 17.9 Å². The van der Waals surface area contributed by atoms with E-state index < -0.39 is 14.8 Å². The van der Waals surface area contributed by atoms with Crippen LogP contribution in [0.5, 0.6) is 5.75 Å². The number of hydrogen-bond donors (Lipinski definition) is 2. The standard InChI is InChI=1S/C12H16N2O4S/c1-12(2,3)19(16,17)14-9-6-4-5-8-11(9)18-7-10(15)13-8/h4-6,14H,7H2,1-3H3,(H,13,15). The van der Waals surface area contributed by atoms with Gasteiger partial charge < -0.3 is 10.1 Å². The molecule has 0 bridgehead atoms. The van der Waals surface area contributed by atoms with Gasteiger partial charge in [-0.25, -0.2) is 8.42 Å². The summed E-state index contributed by atoms with van der Waals surface area (Å²) in [5.74, 6) is 0.0817. The van der Waals surface area contributed by atoms with Gasteiger partial charge in [0.1, 0.15) is 0 Å². The van der Waals surface area contributed by atoms with Crippen molar-refractivity contribution >= 4 is 27.3 Å². The van der Waals surface area contributed by atoms with Crippen molar-refractivity contribution in [1.82, 2.24) is 0 Å². The SMILES string of the molecule is CC(C)(C)S(=O)(=O)Nc1cccc2c1OCC(=O)N2. The monoisotopic (exact) mass is 284 g/mol. The summed E-state index contributed by atoms with van der Waals surface area (Å²) in [4.78, 5) is 11.2. The summed E-state index contributed by atoms with van der Waals surface area (Å²) in [5, 5.41) is 2.63. The van der Waals surface area contributed by atoms with Crippen LogP contribution in [0, 0.1) is 0 Å². The first-order valence-electron chi connectivity index (χ1n) is 5.79. The van der Waals surface area contributed by atoms with Crippen LogP contribution >= 0.6 is 0 Å². The number of nitrogens with one attached hydrogen (secondary N) is 2. The number of hydrogen-bond acceptors (Lipinski definition) is 4. The molecule has 0 unspecified atom stereocenters. The maximum Gasteiger partial charge on any atom is 0.262 e. The Kier molecular flexibility index (Phi) is 3.17. The van der Waals surface area contributed by atoms with Crippen LogP contribution in [0.15, 0.2) is 18.2 Å². The molecule has 0 saturated carbocycles. The largest absolute Gasteiger partial charge is 0.479 e. The van der Waals surface area contributed by atoms with E-state index in [-0.39, 0.29) is 12.5 Å². The van der Waals surface area contributed by atoms with Gasteiger partial charge in [0, 0.05) is 0 Å². The molecule has 1 aromatic carbocycles. The van der Waals surface area contributed by atoms with Crippen molar-refractivity contribution in [2.45, 2.75) is 25.5 Å². The Bertz CT molecular complexity index is 617. The van der Waals surface area contributed by atoms with Gasteiger partial charge in [0.25, 0.3) is 5.91 Å². The molecular formula is C12H16N2O4S. The lowest BCUT2D eigenvalue weighted by molar-refractivity contribution is -0.118. The van der Waals surface area contributed by atoms with E-state index in [0.717, 1.165) is 0 Å². The smallest absolute Gasteiger partial charge is 0.262 e. The lowest BCUT2D eigenvalue weighted by Crippen LogP contribution is -2.34. The van der Waals surface area contributed by atoms with Crippen LogP contribution in [0.25, 0.3) is 0 Å². The third-order valence-electron chi connectivity index (χ3n) is 2.69. The highest BCUT2D eigenvalue weighted by molar-refractivity contribution is 7.94. The second-order valence-corrected chi connectivity index (χ2v) is 7.67. The van der Waals surface area contributed by atoms with Crippen molar-refractivity contribution in [3.63, 3.8) is 0 Å². The van der Waals surface area contributed by atoms with E-state index in [9.17, 15) is 13.2 Å². The second kappa shape index (κ2) is 4.41. The summed E-state index contributed by atoms with van der Waals surface area (Å²) in [5.41, 5.74) is 0.790. The van der Waals surface area contributed by atoms with E-state index in [1.54, 1.807) is 39.0 Å². The number of carbonyl (C=O) groups excluding carboxylic acids is 1. The lowest BCUT2D eigenvalue weighted by atomic mass is 10.2. The zero-order valence-corrected chi connectivity index (χ0v) is 11.8. The second-order valence-electron chi connectivity index (χ2n) is 5.24. The molecule has 1 aromatic rings. The fraction of sp³-hybridized carbons (Fsp3) is 0.417. The average molecular weight is 284 g/mol. The van der Waals surface area contributed by atoms with E-state index in [1.165, 1.54) is 0 Å². The highest BCUT2D eigenvalue weighted by Gasteiger charge is 2.30. The van der Waals surface area contributed by atoms with Gasteiger partial charge in [-0.2, -0.15) is 0 Å². The molecule has 1 amide bonds. The topological polar surface area (TPSA) is 84.5 Å². The quantitative estimate of drug-likeness (QED) is 0.863. The summed E-state index contributed by atoms with van der Waals surface area (Å²) in [7, 11) is -3.54. The first-order valence-corrected chi connectivity index (χ1v) is 7.27. The Labute approximate surface area is 112 Å². The normalized spacial score (nSPS) is 15.2. The van der Waals surface area contributed by atoms with Crippen LogP contribution in [-0.2, 0) is 14.8 Å². The molecule has 0 saturated heterocycles. The third kappa shape index (κ3) is 2.65. The molecule has 0 radical (unpaired) electrons. The number of para-hydroxylation sites is 1. The van der Waals surface area contributed by atoms with Crippen LogP contribution in [0.2, 0.25) is 0 Å². The lowest BCUT2D eigenvalue weighted by Gasteiger charge is -2.24. The Morgan fingerprint density at radius 1 is 1.32 bits per heavy atom. The zero-order chi connectivity index (χ0) is 14.3. The summed E-state index contributed by atoms with van der Waals surface area (Å²) in [6, 6.07) is 4.90. The molecule has 19 heavy (non-hydrogen) atoms. The number of amides is 1. The summed E-state index contributed by atoms with van der Waals surface area (Å²) >= 11 is 0. The summed E-state index contributed by atoms with van der Waals surface area (Å²) in [6.45, 7) is 4.69. The fourth-order valence-corrected chi connectivity index (χ4v) is 2.25. The van der Waals surface area contributed by atoms with Crippen molar-refractivity contribution in [1.29, 1.82) is 0 Å². The van der Waals surface area contributed by atoms with Crippen LogP contribution < -0.4 is 14.8 Å². The molecular weight excluding hydrogens is 268 g/mol. The number of fused-ring (bicyclic) bond motifs is 1. The minimum atomic E-state index is -3.54. The van der Waals surface area contributed by atoms with Gasteiger partial charge in [0.2, 0.25) is 10.0 Å². The van der Waals surface area contributed by atoms with Crippen molar-refractivity contribution in [2.24, 2.45) is 0 Å². The molecule has 1 aliphatic heterocycles. The summed E-state index contributed by atoms with van der Waals surface area (Å²) in [6.07, 6.45) is 0. The highest BCUT2D eigenvalue weighted by Crippen LogP contribution is 2.36. The Morgan fingerprint density at radius 3 is 2.63 bits per heavy atom. The molecule has 7 heteroatoms. The van der Waals surface area contributed by atoms with Gasteiger partial charge in [-0.05, 0) is 32.9 Å². The predicted octanol–water partition coefficient (Wildman–Crippen LogP) is 1.56. The molecule has 2 N–H and O–H groups in total. The van der Waals surface area contributed by atoms with Crippen LogP contribution in [0.4, 0.5) is 11.4 Å². The number of benzene rings is 1. The van der Waals surface area contributed by atoms with Gasteiger partial charge >= 0.3 is 0 Å². The number of ether oxygens (including phenoxy) is 1. The molecule has 104 valence electrons. The van der Waals surface area contributed by atoms with E-state index in [1.807, 2.05) is 0 Å². The number of anilines is 2. The molecule has 1 aliphatic rings. The molecule has 6 nitrogen and oxygen atoms in total. The molecule has 0 spiro atoms. The van der Waals surface area contributed by atoms with Crippen molar-refractivity contribution in [3.8, 4) is 5.75 Å². The molecule has 1 heterocycles. The molecule has 2 rings (SSSR count). The Balaban J connectivity index is 2.38. The minimum absolute atomic E-state index is 0.124. The van der Waals surface area contributed by atoms with Crippen molar-refractivity contribution in [2.75, 3.05) is 16.6 Å². The van der Waals surface area contributed by atoms with Crippen molar-refractivity contribution in [3.05, 3.63) is 18.2 Å². The Hall–Kier alpha value is -1.76. The molecule has 0 aliphatic carbocycles. The van der Waals surface area contributed by atoms with Gasteiger partial charge in [0.15, 0.2) is 12.4 Å². The van der Waals surface area contributed by atoms with E-state index in [4.69, 9.17) is 4.74 Å². The van der Waals surface area contributed by atoms with Gasteiger partial charge in [0.05, 0.1) is 16.1 Å². The fourth-order valence-electron chi connectivity index (χ4n) is 1.49. The highest BCUT2D eigenvalue weighted by atomic mass is 32.2. The first kappa shape index (κ1) is 13.7. The zero-order valence-electron chi connectivity index (χ0n) is 11.0. The number of sulfonamides is 1.